The molecule has 3 aromatic rings. The van der Waals surface area contributed by atoms with Crippen LogP contribution >= 0.6 is 0 Å². The number of anilines is 1. The van der Waals surface area contributed by atoms with Gasteiger partial charge in [-0.15, -0.1) is 0 Å². The van der Waals surface area contributed by atoms with Gasteiger partial charge in [-0.05, 0) is 37.7 Å². The van der Waals surface area contributed by atoms with E-state index in [1.807, 2.05) is 16.7 Å². The molecule has 10 nitrogen and oxygen atoms in total. The number of nitrogens with one attached hydrogen (secondary N) is 1. The number of carbonyl (C=O) groups excluding carboxylic acids is 1. The van der Waals surface area contributed by atoms with Crippen LogP contribution in [0.15, 0.2) is 41.7 Å². The molecular weight excluding hydrogens is 446 g/mol. The third-order valence-electron chi connectivity index (χ3n) is 6.49. The molecule has 10 heteroatoms. The zero-order chi connectivity index (χ0) is 24.2. The van der Waals surface area contributed by atoms with Gasteiger partial charge in [0.2, 0.25) is 5.62 Å². The van der Waals surface area contributed by atoms with Crippen molar-refractivity contribution in [3.8, 4) is 11.5 Å². The van der Waals surface area contributed by atoms with Crippen molar-refractivity contribution in [3.05, 3.63) is 47.8 Å². The Morgan fingerprint density at radius 3 is 2.80 bits per heavy atom. The minimum Gasteiger partial charge on any atom is -0.491 e. The number of benzene rings is 1. The second-order valence-corrected chi connectivity index (χ2v) is 8.84. The van der Waals surface area contributed by atoms with Crippen LogP contribution in [0.25, 0.3) is 10.9 Å². The number of piperazine rings is 1. The van der Waals surface area contributed by atoms with Crippen LogP contribution in [0.2, 0.25) is 0 Å². The van der Waals surface area contributed by atoms with Crippen molar-refractivity contribution >= 4 is 22.6 Å². The van der Waals surface area contributed by atoms with Gasteiger partial charge in [-0.25, -0.2) is 4.98 Å². The number of fused-ring (bicyclic) bond motifs is 3. The number of carbonyl (C=O) groups is 1. The Morgan fingerprint density at radius 2 is 2.03 bits per heavy atom. The molecule has 2 aliphatic heterocycles. The molecule has 0 unspecified atom stereocenters. The van der Waals surface area contributed by atoms with Crippen molar-refractivity contribution in [3.63, 3.8) is 0 Å². The van der Waals surface area contributed by atoms with Crippen LogP contribution in [0, 0.1) is 0 Å². The highest BCUT2D eigenvalue weighted by atomic mass is 16.5. The minimum atomic E-state index is -0.387. The van der Waals surface area contributed by atoms with E-state index in [-0.39, 0.29) is 5.91 Å². The molecule has 184 valence electrons. The van der Waals surface area contributed by atoms with Crippen LogP contribution in [0.3, 0.4) is 0 Å². The van der Waals surface area contributed by atoms with Gasteiger partial charge in [-0.3, -0.25) is 14.3 Å². The number of ether oxygens (including phenoxy) is 2. The summed E-state index contributed by atoms with van der Waals surface area (Å²) in [6.45, 7) is 7.41. The number of pyridine rings is 1. The fourth-order valence-corrected chi connectivity index (χ4v) is 4.53. The van der Waals surface area contributed by atoms with Crippen molar-refractivity contribution in [2.75, 3.05) is 65.3 Å². The van der Waals surface area contributed by atoms with E-state index < -0.39 is 0 Å². The summed E-state index contributed by atoms with van der Waals surface area (Å²) in [4.78, 5) is 30.7. The number of methoxy groups -OCH3 is 1. The Kier molecular flexibility index (Phi) is 6.91. The molecule has 1 fully saturated rings. The highest BCUT2D eigenvalue weighted by Gasteiger charge is 2.21. The van der Waals surface area contributed by atoms with E-state index in [4.69, 9.17) is 14.5 Å². The summed E-state index contributed by atoms with van der Waals surface area (Å²) in [6.07, 6.45) is 4.06. The minimum absolute atomic E-state index is 0.330. The van der Waals surface area contributed by atoms with Crippen LogP contribution < -0.4 is 20.4 Å². The highest BCUT2D eigenvalue weighted by Crippen LogP contribution is 2.37. The average molecular weight is 478 g/mol. The Morgan fingerprint density at radius 1 is 1.17 bits per heavy atom. The third kappa shape index (κ3) is 4.98. The van der Waals surface area contributed by atoms with Gasteiger partial charge in [0.15, 0.2) is 11.5 Å². The van der Waals surface area contributed by atoms with Crippen molar-refractivity contribution in [1.82, 2.24) is 24.3 Å². The van der Waals surface area contributed by atoms with E-state index in [2.05, 4.69) is 32.1 Å². The summed E-state index contributed by atoms with van der Waals surface area (Å²) in [5, 5.41) is 4.29. The molecule has 4 heterocycles. The molecule has 5 rings (SSSR count). The molecule has 1 aromatic carbocycles. The summed E-state index contributed by atoms with van der Waals surface area (Å²) < 4.78 is 13.8. The van der Waals surface area contributed by atoms with Crippen molar-refractivity contribution < 1.29 is 14.3 Å². The van der Waals surface area contributed by atoms with Gasteiger partial charge in [0, 0.05) is 63.6 Å². The molecule has 35 heavy (non-hydrogen) atoms. The smallest absolute Gasteiger partial charge is 0.281 e. The van der Waals surface area contributed by atoms with Gasteiger partial charge >= 0.3 is 0 Å². The fourth-order valence-electron chi connectivity index (χ4n) is 4.53. The number of hydrogen-bond donors (Lipinski definition) is 1. The maximum absolute atomic E-state index is 12.8. The number of likely N-dealkylation sites (N-methyl/N-ethyl adjacent to an activating group) is 1. The molecule has 1 amide bonds. The molecule has 0 radical (unpaired) electrons. The summed E-state index contributed by atoms with van der Waals surface area (Å²) in [7, 11) is 3.77. The maximum atomic E-state index is 12.8. The second kappa shape index (κ2) is 10.4. The summed E-state index contributed by atoms with van der Waals surface area (Å²) >= 11 is 0. The summed E-state index contributed by atoms with van der Waals surface area (Å²) in [6, 6.07) is 7.32. The van der Waals surface area contributed by atoms with Crippen LogP contribution in [0.4, 0.5) is 5.82 Å². The van der Waals surface area contributed by atoms with Crippen LogP contribution in [0.5, 0.6) is 11.5 Å². The van der Waals surface area contributed by atoms with Gasteiger partial charge in [-0.1, -0.05) is 0 Å². The predicted molar refractivity (Wildman–Crippen MR) is 133 cm³/mol. The van der Waals surface area contributed by atoms with Gasteiger partial charge in [-0.2, -0.15) is 4.99 Å². The van der Waals surface area contributed by atoms with Crippen LogP contribution in [-0.4, -0.2) is 90.3 Å². The normalized spacial score (nSPS) is 16.8. The molecule has 0 aliphatic carbocycles. The van der Waals surface area contributed by atoms with Crippen LogP contribution in [-0.2, 0) is 6.54 Å². The standard InChI is InChI=1S/C25H31N7O3/c1-30-12-14-31(15-13-30)10-4-16-35-20-7-6-19-21(22(20)34-2)28-25(32-11-9-27-23(19)32)29-24(33)18-5-3-8-26-17-18/h3,5-8,17,27H,4,9-16H2,1-2H3. The number of nitrogens with zero attached hydrogens (tertiary/aromatic N) is 6. The van der Waals surface area contributed by atoms with Crippen molar-refractivity contribution in [2.24, 2.45) is 4.99 Å². The van der Waals surface area contributed by atoms with E-state index in [0.29, 0.717) is 41.3 Å². The molecule has 0 spiro atoms. The lowest BCUT2D eigenvalue weighted by Crippen LogP contribution is -2.44. The quantitative estimate of drug-likeness (QED) is 0.513. The Bertz CT molecular complexity index is 1270. The van der Waals surface area contributed by atoms with Crippen molar-refractivity contribution in [2.45, 2.75) is 13.0 Å². The lowest BCUT2D eigenvalue weighted by Gasteiger charge is -2.32. The number of amides is 1. The lowest BCUT2D eigenvalue weighted by molar-refractivity contribution is 0.0996. The van der Waals surface area contributed by atoms with Gasteiger partial charge < -0.3 is 24.6 Å². The van der Waals surface area contributed by atoms with Crippen LogP contribution in [0.1, 0.15) is 16.8 Å². The first-order valence-electron chi connectivity index (χ1n) is 12.0. The zero-order valence-corrected chi connectivity index (χ0v) is 20.2. The van der Waals surface area contributed by atoms with E-state index in [1.165, 1.54) is 6.20 Å². The molecule has 0 saturated carbocycles. The average Bonchev–Trinajstić information content (AvgIpc) is 3.38. The highest BCUT2D eigenvalue weighted by molar-refractivity contribution is 5.96. The first-order chi connectivity index (χ1) is 17.1. The molecule has 2 aliphatic rings. The number of aromatic nitrogens is 3. The first kappa shape index (κ1) is 23.3. The molecule has 1 N–H and O–H groups in total. The Balaban J connectivity index is 1.41. The SMILES string of the molecule is COc1c(OCCCN2CCN(C)CC2)ccc2c3n(c(=NC(=O)c4cccnc4)nc12)CCN3. The summed E-state index contributed by atoms with van der Waals surface area (Å²) in [5.74, 6) is 1.66. The van der Waals surface area contributed by atoms with Crippen molar-refractivity contribution in [1.29, 1.82) is 0 Å². The second-order valence-electron chi connectivity index (χ2n) is 8.84. The van der Waals surface area contributed by atoms with E-state index in [0.717, 1.165) is 56.9 Å². The van der Waals surface area contributed by atoms with Gasteiger partial charge in [0.25, 0.3) is 5.91 Å². The monoisotopic (exact) mass is 477 g/mol. The number of hydrogen-bond acceptors (Lipinski definition) is 8. The van der Waals surface area contributed by atoms with E-state index in [1.54, 1.807) is 25.4 Å². The van der Waals surface area contributed by atoms with E-state index >= 15 is 0 Å². The number of rotatable bonds is 7. The molecule has 2 aromatic heterocycles. The molecule has 0 bridgehead atoms. The predicted octanol–water partition coefficient (Wildman–Crippen LogP) is 1.62. The zero-order valence-electron chi connectivity index (χ0n) is 20.2. The Labute approximate surface area is 204 Å². The van der Waals surface area contributed by atoms with Gasteiger partial charge in [0.1, 0.15) is 11.3 Å². The molecule has 0 atom stereocenters. The largest absolute Gasteiger partial charge is 0.491 e. The maximum Gasteiger partial charge on any atom is 0.281 e. The van der Waals surface area contributed by atoms with E-state index in [9.17, 15) is 4.79 Å². The first-order valence-corrected chi connectivity index (χ1v) is 12.0. The molecule has 1 saturated heterocycles. The molecular formula is C25H31N7O3. The fraction of sp³-hybridized carbons (Fsp3) is 0.440. The Hall–Kier alpha value is -3.50. The van der Waals surface area contributed by atoms with Gasteiger partial charge in [0.05, 0.1) is 19.3 Å². The lowest BCUT2D eigenvalue weighted by atomic mass is 10.2. The topological polar surface area (TPSA) is 97.1 Å². The summed E-state index contributed by atoms with van der Waals surface area (Å²) in [5.41, 5.74) is 1.36. The third-order valence-corrected chi connectivity index (χ3v) is 6.49.